The number of hydrogen-bond acceptors (Lipinski definition) is 6. The molecule has 0 saturated heterocycles. The number of rotatable bonds is 6. The summed E-state index contributed by atoms with van der Waals surface area (Å²) in [5, 5.41) is 10.4. The maximum Gasteiger partial charge on any atom is 0.256 e. The molecule has 1 aliphatic rings. The summed E-state index contributed by atoms with van der Waals surface area (Å²) in [4.78, 5) is 14.5. The number of amides is 1. The average molecular weight is 379 g/mol. The van der Waals surface area contributed by atoms with Gasteiger partial charge in [-0.3, -0.25) is 14.4 Å². The van der Waals surface area contributed by atoms with Crippen molar-refractivity contribution in [3.05, 3.63) is 65.4 Å². The highest BCUT2D eigenvalue weighted by Crippen LogP contribution is 2.32. The third-order valence-corrected chi connectivity index (χ3v) is 4.40. The van der Waals surface area contributed by atoms with Gasteiger partial charge in [0.05, 0.1) is 6.20 Å². The Bertz CT molecular complexity index is 984. The summed E-state index contributed by atoms with van der Waals surface area (Å²) in [5.41, 5.74) is 2.86. The predicted molar refractivity (Wildman–Crippen MR) is 103 cm³/mol. The third-order valence-electron chi connectivity index (χ3n) is 4.40. The number of fused-ring (bicyclic) bond motifs is 1. The smallest absolute Gasteiger partial charge is 0.256 e. The van der Waals surface area contributed by atoms with Gasteiger partial charge in [-0.2, -0.15) is 0 Å². The van der Waals surface area contributed by atoms with Crippen LogP contribution in [0.3, 0.4) is 0 Å². The molecule has 28 heavy (non-hydrogen) atoms. The summed E-state index contributed by atoms with van der Waals surface area (Å²) in [7, 11) is 3.80. The molecule has 1 aromatic heterocycles. The number of hydrogen-bond donors (Lipinski definition) is 1. The highest BCUT2D eigenvalue weighted by molar-refractivity contribution is 6.03. The zero-order chi connectivity index (χ0) is 19.5. The SMILES string of the molecule is CN(Cc1ccc(C(=O)Nc2cn(C)nn2)cc1)Cc1ccc2c(c1)OCO2. The molecule has 8 nitrogen and oxygen atoms in total. The van der Waals surface area contributed by atoms with Crippen molar-refractivity contribution in [2.75, 3.05) is 19.2 Å². The van der Waals surface area contributed by atoms with Crippen molar-refractivity contribution in [2.45, 2.75) is 13.1 Å². The fourth-order valence-corrected chi connectivity index (χ4v) is 3.07. The van der Waals surface area contributed by atoms with Gasteiger partial charge in [0.25, 0.3) is 5.91 Å². The molecule has 0 aliphatic carbocycles. The molecule has 1 aliphatic heterocycles. The summed E-state index contributed by atoms with van der Waals surface area (Å²) in [6, 6.07) is 13.5. The van der Waals surface area contributed by atoms with Crippen LogP contribution in [-0.2, 0) is 20.1 Å². The van der Waals surface area contributed by atoms with Crippen molar-refractivity contribution >= 4 is 11.7 Å². The molecule has 1 amide bonds. The van der Waals surface area contributed by atoms with Crippen LogP contribution < -0.4 is 14.8 Å². The van der Waals surface area contributed by atoms with E-state index in [9.17, 15) is 4.79 Å². The highest BCUT2D eigenvalue weighted by atomic mass is 16.7. The number of benzene rings is 2. The van der Waals surface area contributed by atoms with E-state index in [1.165, 1.54) is 4.68 Å². The lowest BCUT2D eigenvalue weighted by Gasteiger charge is -2.17. The normalized spacial score (nSPS) is 12.4. The van der Waals surface area contributed by atoms with E-state index in [-0.39, 0.29) is 12.7 Å². The minimum Gasteiger partial charge on any atom is -0.454 e. The van der Waals surface area contributed by atoms with E-state index in [1.54, 1.807) is 13.2 Å². The monoisotopic (exact) mass is 379 g/mol. The van der Waals surface area contributed by atoms with Crippen LogP contribution in [0.2, 0.25) is 0 Å². The van der Waals surface area contributed by atoms with Crippen molar-refractivity contribution in [1.82, 2.24) is 19.9 Å². The summed E-state index contributed by atoms with van der Waals surface area (Å²) in [6.45, 7) is 1.83. The number of aryl methyl sites for hydroxylation is 1. The van der Waals surface area contributed by atoms with Crippen LogP contribution in [0.25, 0.3) is 0 Å². The molecule has 3 aromatic rings. The van der Waals surface area contributed by atoms with Crippen LogP contribution >= 0.6 is 0 Å². The molecule has 0 spiro atoms. The number of aromatic nitrogens is 3. The van der Waals surface area contributed by atoms with Crippen LogP contribution in [-0.4, -0.2) is 39.6 Å². The minimum absolute atomic E-state index is 0.208. The number of nitrogens with zero attached hydrogens (tertiary/aromatic N) is 4. The van der Waals surface area contributed by atoms with Crippen molar-refractivity contribution < 1.29 is 14.3 Å². The standard InChI is InChI=1S/C20H21N5O3/c1-24(11-15-5-8-17-18(9-15)28-13-27-17)10-14-3-6-16(7-4-14)20(26)21-19-12-25(2)23-22-19/h3-9,12H,10-11,13H2,1-2H3,(H,21,26). The van der Waals surface area contributed by atoms with E-state index in [4.69, 9.17) is 9.47 Å². The molecule has 4 rings (SSSR count). The first-order valence-electron chi connectivity index (χ1n) is 8.90. The summed E-state index contributed by atoms with van der Waals surface area (Å²) >= 11 is 0. The van der Waals surface area contributed by atoms with E-state index >= 15 is 0 Å². The molecule has 144 valence electrons. The molecule has 2 aromatic carbocycles. The van der Waals surface area contributed by atoms with Gasteiger partial charge in [-0.15, -0.1) is 5.10 Å². The Morgan fingerprint density at radius 3 is 2.57 bits per heavy atom. The average Bonchev–Trinajstić information content (AvgIpc) is 3.30. The molecule has 0 radical (unpaired) electrons. The lowest BCUT2D eigenvalue weighted by atomic mass is 10.1. The number of carbonyl (C=O) groups excluding carboxylic acids is 1. The van der Waals surface area contributed by atoms with Gasteiger partial charge < -0.3 is 14.8 Å². The Kier molecular flexibility index (Phi) is 4.94. The van der Waals surface area contributed by atoms with Gasteiger partial charge in [0.1, 0.15) is 0 Å². The molecule has 0 bridgehead atoms. The van der Waals surface area contributed by atoms with E-state index in [0.717, 1.165) is 35.7 Å². The molecular formula is C20H21N5O3. The molecule has 0 fully saturated rings. The predicted octanol–water partition coefficient (Wildman–Crippen LogP) is 2.43. The maximum atomic E-state index is 12.3. The van der Waals surface area contributed by atoms with E-state index in [0.29, 0.717) is 11.4 Å². The topological polar surface area (TPSA) is 81.5 Å². The molecule has 0 unspecified atom stereocenters. The Morgan fingerprint density at radius 1 is 1.11 bits per heavy atom. The largest absolute Gasteiger partial charge is 0.454 e. The summed E-state index contributed by atoms with van der Waals surface area (Å²) < 4.78 is 12.3. The fraction of sp³-hybridized carbons (Fsp3) is 0.250. The minimum atomic E-state index is -0.208. The van der Waals surface area contributed by atoms with Gasteiger partial charge in [-0.25, -0.2) is 0 Å². The highest BCUT2D eigenvalue weighted by Gasteiger charge is 2.14. The molecule has 2 heterocycles. The van der Waals surface area contributed by atoms with E-state index < -0.39 is 0 Å². The molecule has 8 heteroatoms. The zero-order valence-corrected chi connectivity index (χ0v) is 15.8. The van der Waals surface area contributed by atoms with Crippen molar-refractivity contribution in [3.8, 4) is 11.5 Å². The molecule has 0 atom stereocenters. The fourth-order valence-electron chi connectivity index (χ4n) is 3.07. The molecule has 1 N–H and O–H groups in total. The Hall–Kier alpha value is -3.39. The van der Waals surface area contributed by atoms with Gasteiger partial charge in [-0.1, -0.05) is 23.4 Å². The second-order valence-electron chi connectivity index (χ2n) is 6.79. The second-order valence-corrected chi connectivity index (χ2v) is 6.79. The van der Waals surface area contributed by atoms with Crippen LogP contribution in [0.15, 0.2) is 48.7 Å². The second kappa shape index (κ2) is 7.69. The Balaban J connectivity index is 1.34. The van der Waals surface area contributed by atoms with Gasteiger partial charge in [0.2, 0.25) is 6.79 Å². The van der Waals surface area contributed by atoms with Crippen LogP contribution in [0, 0.1) is 0 Å². The van der Waals surface area contributed by atoms with Crippen LogP contribution in [0.4, 0.5) is 5.82 Å². The lowest BCUT2D eigenvalue weighted by molar-refractivity contribution is 0.102. The number of nitrogens with one attached hydrogen (secondary N) is 1. The molecule has 0 saturated carbocycles. The summed E-state index contributed by atoms with van der Waals surface area (Å²) in [5.74, 6) is 1.81. The first-order chi connectivity index (χ1) is 13.6. The van der Waals surface area contributed by atoms with Gasteiger partial charge in [0.15, 0.2) is 17.3 Å². The Morgan fingerprint density at radius 2 is 1.82 bits per heavy atom. The van der Waals surface area contributed by atoms with Gasteiger partial charge in [-0.05, 0) is 42.4 Å². The van der Waals surface area contributed by atoms with Crippen molar-refractivity contribution in [3.63, 3.8) is 0 Å². The third kappa shape index (κ3) is 4.12. The number of carbonyl (C=O) groups is 1. The van der Waals surface area contributed by atoms with Gasteiger partial charge in [0, 0.05) is 25.7 Å². The van der Waals surface area contributed by atoms with E-state index in [2.05, 4.69) is 27.6 Å². The molecular weight excluding hydrogens is 358 g/mol. The Labute approximate surface area is 162 Å². The van der Waals surface area contributed by atoms with Crippen LogP contribution in [0.5, 0.6) is 11.5 Å². The first kappa shape index (κ1) is 18.0. The summed E-state index contributed by atoms with van der Waals surface area (Å²) in [6.07, 6.45) is 1.65. The maximum absolute atomic E-state index is 12.3. The van der Waals surface area contributed by atoms with Crippen molar-refractivity contribution in [1.29, 1.82) is 0 Å². The number of ether oxygens (including phenoxy) is 2. The van der Waals surface area contributed by atoms with Crippen LogP contribution in [0.1, 0.15) is 21.5 Å². The van der Waals surface area contributed by atoms with Crippen molar-refractivity contribution in [2.24, 2.45) is 7.05 Å². The van der Waals surface area contributed by atoms with Gasteiger partial charge >= 0.3 is 0 Å². The van der Waals surface area contributed by atoms with E-state index in [1.807, 2.05) is 42.5 Å². The zero-order valence-electron chi connectivity index (χ0n) is 15.8. The quantitative estimate of drug-likeness (QED) is 0.708. The number of anilines is 1. The lowest BCUT2D eigenvalue weighted by Crippen LogP contribution is -2.17. The first-order valence-corrected chi connectivity index (χ1v) is 8.90.